The van der Waals surface area contributed by atoms with E-state index in [1.807, 2.05) is 0 Å². The predicted octanol–water partition coefficient (Wildman–Crippen LogP) is 3.03. The number of nitrogens with zero attached hydrogens (tertiary/aromatic N) is 2. The Morgan fingerprint density at radius 3 is 2.44 bits per heavy atom. The van der Waals surface area contributed by atoms with Crippen LogP contribution in [0.4, 0.5) is 13.2 Å². The molecule has 2 aromatic rings. The van der Waals surface area contributed by atoms with E-state index in [0.29, 0.717) is 19.3 Å². The molecule has 5 nitrogen and oxygen atoms in total. The number of halogens is 3. The highest BCUT2D eigenvalue weighted by atomic mass is 32.2. The van der Waals surface area contributed by atoms with Gasteiger partial charge in [0.2, 0.25) is 11.7 Å². The third-order valence-corrected chi connectivity index (χ3v) is 6.89. The average Bonchev–Trinajstić information content (AvgIpc) is 3.03. The van der Waals surface area contributed by atoms with Gasteiger partial charge in [-0.2, -0.15) is 13.8 Å². The van der Waals surface area contributed by atoms with E-state index in [1.165, 1.54) is 0 Å². The van der Waals surface area contributed by atoms with Crippen molar-refractivity contribution < 1.29 is 26.1 Å². The molecular weight excluding hydrogens is 357 g/mol. The number of hydrogen-bond acceptors (Lipinski definition) is 5. The Hall–Kier alpha value is -1.90. The Morgan fingerprint density at radius 1 is 1.16 bits per heavy atom. The summed E-state index contributed by atoms with van der Waals surface area (Å²) in [5.74, 6) is -4.70. The van der Waals surface area contributed by atoms with E-state index >= 15 is 0 Å². The molecule has 1 unspecified atom stereocenters. The summed E-state index contributed by atoms with van der Waals surface area (Å²) in [6, 6.07) is 3.86. The molecule has 2 heterocycles. The minimum atomic E-state index is -3.49. The standard InChI is InChI=1S/C16H15F3N2O3S/c17-11-3-1-10(2-4-11)16(18,19)14-20-13(24-21-14)12-9-15(12)5-7-25(22,23)8-6-15/h1-4,12H,5-9H2. The van der Waals surface area contributed by atoms with Crippen molar-refractivity contribution >= 4 is 9.84 Å². The van der Waals surface area contributed by atoms with Crippen LogP contribution >= 0.6 is 0 Å². The predicted molar refractivity (Wildman–Crippen MR) is 81.4 cm³/mol. The fourth-order valence-electron chi connectivity index (χ4n) is 3.49. The van der Waals surface area contributed by atoms with Crippen molar-refractivity contribution in [1.82, 2.24) is 10.1 Å². The fourth-order valence-corrected chi connectivity index (χ4v) is 5.13. The highest BCUT2D eigenvalue weighted by Gasteiger charge is 2.59. The van der Waals surface area contributed by atoms with E-state index in [9.17, 15) is 21.6 Å². The fraction of sp³-hybridized carbons (Fsp3) is 0.500. The van der Waals surface area contributed by atoms with Gasteiger partial charge >= 0.3 is 5.92 Å². The molecule has 1 aromatic carbocycles. The van der Waals surface area contributed by atoms with Crippen molar-refractivity contribution in [3.05, 3.63) is 47.4 Å². The molecule has 1 atom stereocenters. The van der Waals surface area contributed by atoms with Gasteiger partial charge in [0, 0.05) is 11.5 Å². The Labute approximate surface area is 142 Å². The zero-order valence-electron chi connectivity index (χ0n) is 13.1. The van der Waals surface area contributed by atoms with Crippen LogP contribution in [0.2, 0.25) is 0 Å². The minimum Gasteiger partial charge on any atom is -0.339 e. The normalized spacial score (nSPS) is 24.4. The Bertz CT molecular complexity index is 895. The molecule has 2 fully saturated rings. The SMILES string of the molecule is O=S1(=O)CCC2(CC1)CC2c1nc(C(F)(F)c2ccc(F)cc2)no1. The second kappa shape index (κ2) is 5.30. The van der Waals surface area contributed by atoms with Crippen LogP contribution in [0.1, 0.15) is 42.5 Å². The molecule has 1 aromatic heterocycles. The van der Waals surface area contributed by atoms with Crippen molar-refractivity contribution in [2.45, 2.75) is 31.1 Å². The topological polar surface area (TPSA) is 73.1 Å². The number of rotatable bonds is 3. The molecule has 4 rings (SSSR count). The van der Waals surface area contributed by atoms with E-state index in [-0.39, 0.29) is 28.7 Å². The summed E-state index contributed by atoms with van der Waals surface area (Å²) < 4.78 is 70.0. The van der Waals surface area contributed by atoms with E-state index in [1.54, 1.807) is 0 Å². The molecular formula is C16H15F3N2O3S. The molecule has 1 saturated carbocycles. The molecule has 1 aliphatic heterocycles. The summed E-state index contributed by atoms with van der Waals surface area (Å²) in [4.78, 5) is 3.86. The van der Waals surface area contributed by atoms with Gasteiger partial charge in [0.15, 0.2) is 0 Å². The van der Waals surface area contributed by atoms with Gasteiger partial charge in [0.05, 0.1) is 11.5 Å². The highest BCUT2D eigenvalue weighted by molar-refractivity contribution is 7.91. The van der Waals surface area contributed by atoms with Crippen molar-refractivity contribution in [2.75, 3.05) is 11.5 Å². The van der Waals surface area contributed by atoms with Gasteiger partial charge in [-0.3, -0.25) is 0 Å². The molecule has 25 heavy (non-hydrogen) atoms. The third-order valence-electron chi connectivity index (χ3n) is 5.24. The van der Waals surface area contributed by atoms with Crippen molar-refractivity contribution in [3.8, 4) is 0 Å². The highest BCUT2D eigenvalue weighted by Crippen LogP contribution is 2.64. The number of hydrogen-bond donors (Lipinski definition) is 0. The Kier molecular flexibility index (Phi) is 3.51. The monoisotopic (exact) mass is 372 g/mol. The minimum absolute atomic E-state index is 0.107. The lowest BCUT2D eigenvalue weighted by Gasteiger charge is -2.21. The molecule has 2 aliphatic rings. The summed E-state index contributed by atoms with van der Waals surface area (Å²) in [5, 5.41) is 3.41. The lowest BCUT2D eigenvalue weighted by atomic mass is 9.96. The van der Waals surface area contributed by atoms with E-state index in [4.69, 9.17) is 4.52 Å². The molecule has 0 radical (unpaired) electrons. The van der Waals surface area contributed by atoms with Gasteiger partial charge in [-0.25, -0.2) is 12.8 Å². The summed E-state index contributed by atoms with van der Waals surface area (Å²) in [6.07, 6.45) is 1.66. The van der Waals surface area contributed by atoms with Gasteiger partial charge in [-0.15, -0.1) is 0 Å². The lowest BCUT2D eigenvalue weighted by Crippen LogP contribution is -2.25. The molecule has 1 aliphatic carbocycles. The van der Waals surface area contributed by atoms with Gasteiger partial charge in [-0.05, 0) is 48.9 Å². The van der Waals surface area contributed by atoms with Crippen LogP contribution in [0, 0.1) is 11.2 Å². The van der Waals surface area contributed by atoms with Crippen LogP contribution in [0.25, 0.3) is 0 Å². The summed E-state index contributed by atoms with van der Waals surface area (Å²) >= 11 is 0. The number of sulfone groups is 1. The van der Waals surface area contributed by atoms with Crippen LogP contribution in [0.5, 0.6) is 0 Å². The van der Waals surface area contributed by atoms with Crippen LogP contribution in [-0.2, 0) is 15.8 Å². The van der Waals surface area contributed by atoms with Crippen molar-refractivity contribution in [3.63, 3.8) is 0 Å². The maximum absolute atomic E-state index is 14.5. The van der Waals surface area contributed by atoms with Gasteiger partial charge in [0.25, 0.3) is 0 Å². The van der Waals surface area contributed by atoms with E-state index in [0.717, 1.165) is 24.3 Å². The second-order valence-corrected chi connectivity index (χ2v) is 9.11. The quantitative estimate of drug-likeness (QED) is 0.828. The zero-order valence-corrected chi connectivity index (χ0v) is 13.9. The maximum Gasteiger partial charge on any atom is 0.335 e. The number of alkyl halides is 2. The van der Waals surface area contributed by atoms with Crippen LogP contribution in [-0.4, -0.2) is 30.1 Å². The first kappa shape index (κ1) is 16.6. The summed E-state index contributed by atoms with van der Waals surface area (Å²) in [5.41, 5.74) is -0.643. The van der Waals surface area contributed by atoms with Gasteiger partial charge in [-0.1, -0.05) is 5.16 Å². The van der Waals surface area contributed by atoms with E-state index in [2.05, 4.69) is 10.1 Å². The molecule has 1 spiro atoms. The lowest BCUT2D eigenvalue weighted by molar-refractivity contribution is 0.0304. The van der Waals surface area contributed by atoms with Crippen molar-refractivity contribution in [2.24, 2.45) is 5.41 Å². The van der Waals surface area contributed by atoms with Gasteiger partial charge in [0.1, 0.15) is 15.7 Å². The first-order valence-corrected chi connectivity index (χ1v) is 9.72. The van der Waals surface area contributed by atoms with Crippen LogP contribution in [0.15, 0.2) is 28.8 Å². The Balaban J connectivity index is 1.54. The number of aromatic nitrogens is 2. The molecule has 1 saturated heterocycles. The Morgan fingerprint density at radius 2 is 1.80 bits per heavy atom. The summed E-state index contributed by atoms with van der Waals surface area (Å²) in [7, 11) is -2.99. The van der Waals surface area contributed by atoms with E-state index < -0.39 is 33.0 Å². The van der Waals surface area contributed by atoms with Crippen molar-refractivity contribution in [1.29, 1.82) is 0 Å². The first-order chi connectivity index (χ1) is 11.7. The molecule has 0 bridgehead atoms. The first-order valence-electron chi connectivity index (χ1n) is 7.90. The molecule has 0 amide bonds. The van der Waals surface area contributed by atoms with Gasteiger partial charge < -0.3 is 4.52 Å². The largest absolute Gasteiger partial charge is 0.339 e. The van der Waals surface area contributed by atoms with Crippen LogP contribution in [0.3, 0.4) is 0 Å². The smallest absolute Gasteiger partial charge is 0.335 e. The average molecular weight is 372 g/mol. The summed E-state index contributed by atoms with van der Waals surface area (Å²) in [6.45, 7) is 0. The second-order valence-electron chi connectivity index (χ2n) is 6.81. The maximum atomic E-state index is 14.5. The van der Waals surface area contributed by atoms with Crippen LogP contribution < -0.4 is 0 Å². The third kappa shape index (κ3) is 2.84. The molecule has 0 N–H and O–H groups in total. The molecule has 9 heteroatoms. The number of benzene rings is 1. The molecule has 134 valence electrons. The zero-order chi connectivity index (χ0) is 17.9.